The van der Waals surface area contributed by atoms with Gasteiger partial charge >= 0.3 is 5.97 Å². The zero-order valence-electron chi connectivity index (χ0n) is 19.8. The molecule has 6 nitrogen and oxygen atoms in total. The molecular formula is C24H46N2O4. The fourth-order valence-electron chi connectivity index (χ4n) is 3.47. The number of nitrogens with one attached hydrogen (secondary N) is 2. The molecule has 0 saturated heterocycles. The van der Waals surface area contributed by atoms with Crippen LogP contribution in [0.1, 0.15) is 118 Å². The van der Waals surface area contributed by atoms with Crippen molar-refractivity contribution in [1.82, 2.24) is 10.6 Å². The third-order valence-corrected chi connectivity index (χ3v) is 5.51. The van der Waals surface area contributed by atoms with Crippen molar-refractivity contribution >= 4 is 17.8 Å². The monoisotopic (exact) mass is 426 g/mol. The molecule has 0 bridgehead atoms. The van der Waals surface area contributed by atoms with Gasteiger partial charge in [0.05, 0.1) is 0 Å². The van der Waals surface area contributed by atoms with E-state index in [1.807, 2.05) is 0 Å². The topological polar surface area (TPSA) is 95.5 Å². The van der Waals surface area contributed by atoms with Crippen LogP contribution in [0.15, 0.2) is 0 Å². The fraction of sp³-hybridized carbons (Fsp3) is 0.875. The second-order valence-electron chi connectivity index (χ2n) is 8.85. The number of unbranched alkanes of at least 4 members (excludes halogenated alkanes) is 12. The van der Waals surface area contributed by atoms with Crippen LogP contribution in [0.5, 0.6) is 0 Å². The first-order valence-electron chi connectivity index (χ1n) is 12.1. The minimum absolute atomic E-state index is 0.155. The van der Waals surface area contributed by atoms with Crippen LogP contribution in [-0.4, -0.2) is 35.0 Å². The molecule has 0 aliphatic heterocycles. The van der Waals surface area contributed by atoms with E-state index in [1.54, 1.807) is 20.8 Å². The lowest BCUT2D eigenvalue weighted by Gasteiger charge is -2.21. The Morgan fingerprint density at radius 3 is 1.53 bits per heavy atom. The molecule has 0 unspecified atom stereocenters. The van der Waals surface area contributed by atoms with Crippen LogP contribution in [0.4, 0.5) is 0 Å². The number of hydrogen-bond donors (Lipinski definition) is 3. The minimum Gasteiger partial charge on any atom is -0.480 e. The van der Waals surface area contributed by atoms with Crippen LogP contribution in [0.2, 0.25) is 0 Å². The maximum absolute atomic E-state index is 12.1. The lowest BCUT2D eigenvalue weighted by molar-refractivity contribution is -0.143. The van der Waals surface area contributed by atoms with E-state index >= 15 is 0 Å². The van der Waals surface area contributed by atoms with E-state index in [0.717, 1.165) is 19.3 Å². The van der Waals surface area contributed by atoms with Gasteiger partial charge in [0.1, 0.15) is 12.1 Å². The number of carbonyl (C=O) groups is 3. The number of aliphatic carboxylic acids is 1. The van der Waals surface area contributed by atoms with Gasteiger partial charge in [0.15, 0.2) is 0 Å². The predicted molar refractivity (Wildman–Crippen MR) is 122 cm³/mol. The Balaban J connectivity index is 3.69. The van der Waals surface area contributed by atoms with E-state index < -0.39 is 24.0 Å². The number of hydrogen-bond acceptors (Lipinski definition) is 3. The summed E-state index contributed by atoms with van der Waals surface area (Å²) in [5, 5.41) is 14.3. The molecular weight excluding hydrogens is 380 g/mol. The lowest BCUT2D eigenvalue weighted by Crippen LogP contribution is -2.52. The molecule has 2 atom stereocenters. The summed E-state index contributed by atoms with van der Waals surface area (Å²) in [6, 6.07) is -1.68. The molecule has 0 aliphatic rings. The van der Waals surface area contributed by atoms with E-state index in [0.29, 0.717) is 6.42 Å². The van der Waals surface area contributed by atoms with Crippen molar-refractivity contribution in [1.29, 1.82) is 0 Å². The van der Waals surface area contributed by atoms with Gasteiger partial charge in [-0.25, -0.2) is 4.79 Å². The second kappa shape index (κ2) is 18.2. The third kappa shape index (κ3) is 15.3. The van der Waals surface area contributed by atoms with Crippen molar-refractivity contribution in [2.24, 2.45) is 5.92 Å². The summed E-state index contributed by atoms with van der Waals surface area (Å²) in [6.45, 7) is 7.29. The van der Waals surface area contributed by atoms with Crippen molar-refractivity contribution in [2.45, 2.75) is 130 Å². The van der Waals surface area contributed by atoms with Gasteiger partial charge in [-0.2, -0.15) is 0 Å². The van der Waals surface area contributed by atoms with Crippen molar-refractivity contribution in [3.8, 4) is 0 Å². The molecule has 0 radical (unpaired) electrons. The van der Waals surface area contributed by atoms with Crippen LogP contribution in [-0.2, 0) is 14.4 Å². The van der Waals surface area contributed by atoms with Gasteiger partial charge in [0.2, 0.25) is 11.8 Å². The quantitative estimate of drug-likeness (QED) is 0.247. The maximum Gasteiger partial charge on any atom is 0.326 e. The molecule has 6 heteroatoms. The summed E-state index contributed by atoms with van der Waals surface area (Å²) in [7, 11) is 0. The Morgan fingerprint density at radius 1 is 0.700 bits per heavy atom. The SMILES string of the molecule is CCCCCCCCCCCCCCCC(=O)N[C@@H](C)C(=O)N[C@H](C(=O)O)C(C)C. The average molecular weight is 427 g/mol. The molecule has 0 aromatic carbocycles. The first-order chi connectivity index (χ1) is 14.3. The molecule has 0 saturated carbocycles. The Bertz CT molecular complexity index is 480. The van der Waals surface area contributed by atoms with Gasteiger partial charge < -0.3 is 15.7 Å². The van der Waals surface area contributed by atoms with Gasteiger partial charge in [0, 0.05) is 6.42 Å². The first-order valence-corrected chi connectivity index (χ1v) is 12.1. The molecule has 0 rings (SSSR count). The van der Waals surface area contributed by atoms with Crippen LogP contribution in [0, 0.1) is 5.92 Å². The maximum atomic E-state index is 12.1. The molecule has 0 aliphatic carbocycles. The first kappa shape index (κ1) is 28.4. The van der Waals surface area contributed by atoms with Gasteiger partial charge in [-0.05, 0) is 19.3 Å². The highest BCUT2D eigenvalue weighted by molar-refractivity contribution is 5.90. The van der Waals surface area contributed by atoms with Crippen LogP contribution >= 0.6 is 0 Å². The zero-order chi connectivity index (χ0) is 22.8. The molecule has 2 amide bonds. The second-order valence-corrected chi connectivity index (χ2v) is 8.85. The summed E-state index contributed by atoms with van der Waals surface area (Å²) >= 11 is 0. The standard InChI is InChI=1S/C24H46N2O4/c1-5-6-7-8-9-10-11-12-13-14-15-16-17-18-21(27)25-20(4)23(28)26-22(19(2)3)24(29)30/h19-20,22H,5-18H2,1-4H3,(H,25,27)(H,26,28)(H,29,30)/t20-,22-/m0/s1. The van der Waals surface area contributed by atoms with Gasteiger partial charge in [-0.3, -0.25) is 9.59 Å². The highest BCUT2D eigenvalue weighted by Gasteiger charge is 2.26. The highest BCUT2D eigenvalue weighted by Crippen LogP contribution is 2.13. The summed E-state index contributed by atoms with van der Waals surface area (Å²) < 4.78 is 0. The molecule has 0 fully saturated rings. The Kier molecular flexibility index (Phi) is 17.2. The molecule has 0 aromatic heterocycles. The average Bonchev–Trinajstić information content (AvgIpc) is 2.68. The van der Waals surface area contributed by atoms with Crippen molar-refractivity contribution in [2.75, 3.05) is 0 Å². The summed E-state index contributed by atoms with van der Waals surface area (Å²) in [6.07, 6.45) is 16.7. The van der Waals surface area contributed by atoms with Crippen molar-refractivity contribution in [3.63, 3.8) is 0 Å². The lowest BCUT2D eigenvalue weighted by atomic mass is 10.0. The summed E-state index contributed by atoms with van der Waals surface area (Å²) in [5.74, 6) is -1.91. The fourth-order valence-corrected chi connectivity index (χ4v) is 3.47. The Hall–Kier alpha value is -1.59. The van der Waals surface area contributed by atoms with Crippen molar-refractivity contribution < 1.29 is 19.5 Å². The van der Waals surface area contributed by atoms with E-state index in [2.05, 4.69) is 17.6 Å². The molecule has 30 heavy (non-hydrogen) atoms. The van der Waals surface area contributed by atoms with Gasteiger partial charge in [0.25, 0.3) is 0 Å². The largest absolute Gasteiger partial charge is 0.480 e. The van der Waals surface area contributed by atoms with Gasteiger partial charge in [-0.15, -0.1) is 0 Å². The number of amides is 2. The molecule has 0 aromatic rings. The van der Waals surface area contributed by atoms with Gasteiger partial charge in [-0.1, -0.05) is 97.8 Å². The van der Waals surface area contributed by atoms with Crippen molar-refractivity contribution in [3.05, 3.63) is 0 Å². The van der Waals surface area contributed by atoms with E-state index in [9.17, 15) is 14.4 Å². The normalized spacial score (nSPS) is 13.1. The smallest absolute Gasteiger partial charge is 0.326 e. The van der Waals surface area contributed by atoms with E-state index in [-0.39, 0.29) is 11.8 Å². The molecule has 176 valence electrons. The van der Waals surface area contributed by atoms with Crippen LogP contribution < -0.4 is 10.6 Å². The number of rotatable bonds is 19. The van der Waals surface area contributed by atoms with Crippen LogP contribution in [0.3, 0.4) is 0 Å². The summed E-state index contributed by atoms with van der Waals surface area (Å²) in [5.41, 5.74) is 0. The minimum atomic E-state index is -1.07. The Morgan fingerprint density at radius 2 is 1.13 bits per heavy atom. The predicted octanol–water partition coefficient (Wildman–Crippen LogP) is 5.20. The number of carboxylic acids is 1. The summed E-state index contributed by atoms with van der Waals surface area (Å²) in [4.78, 5) is 35.3. The van der Waals surface area contributed by atoms with E-state index in [4.69, 9.17) is 5.11 Å². The molecule has 3 N–H and O–H groups in total. The zero-order valence-corrected chi connectivity index (χ0v) is 19.8. The van der Waals surface area contributed by atoms with E-state index in [1.165, 1.54) is 64.2 Å². The Labute approximate surface area is 184 Å². The number of carboxylic acid groups (broad SMARTS) is 1. The molecule has 0 heterocycles. The van der Waals surface area contributed by atoms with Crippen LogP contribution in [0.25, 0.3) is 0 Å². The number of carbonyl (C=O) groups excluding carboxylic acids is 2. The highest BCUT2D eigenvalue weighted by atomic mass is 16.4. The third-order valence-electron chi connectivity index (χ3n) is 5.51. The molecule has 0 spiro atoms.